The van der Waals surface area contributed by atoms with Crippen LogP contribution < -0.4 is 4.74 Å². The molecule has 0 saturated carbocycles. The Kier molecular flexibility index (Phi) is 3.92. The number of allylic oxidation sites excluding steroid dienone is 1. The zero-order valence-corrected chi connectivity index (χ0v) is 13.8. The number of methoxy groups -OCH3 is 1. The van der Waals surface area contributed by atoms with Gasteiger partial charge in [-0.3, -0.25) is 0 Å². The third kappa shape index (κ3) is 2.63. The molecule has 4 rings (SSSR count). The molecule has 1 nitrogen and oxygen atoms in total. The number of fused-ring (bicyclic) bond motifs is 1. The van der Waals surface area contributed by atoms with Crippen LogP contribution in [0.25, 0.3) is 11.1 Å². The number of aryl methyl sites for hydroxylation is 1. The van der Waals surface area contributed by atoms with Crippen LogP contribution in [0.5, 0.6) is 5.75 Å². The third-order valence-corrected chi connectivity index (χ3v) is 4.73. The summed E-state index contributed by atoms with van der Waals surface area (Å²) in [7, 11) is 1.71. The molecule has 0 spiro atoms. The first-order chi connectivity index (χ1) is 11.9. The van der Waals surface area contributed by atoms with Crippen LogP contribution in [-0.2, 0) is 6.42 Å². The van der Waals surface area contributed by atoms with Crippen LogP contribution in [0.15, 0.2) is 78.9 Å². The minimum atomic E-state index is 0.893. The van der Waals surface area contributed by atoms with Crippen molar-refractivity contribution in [1.82, 2.24) is 0 Å². The maximum Gasteiger partial charge on any atom is 0.118 e. The van der Waals surface area contributed by atoms with Crippen LogP contribution in [0.4, 0.5) is 0 Å². The molecule has 0 heterocycles. The summed E-state index contributed by atoms with van der Waals surface area (Å²) in [5, 5.41) is 0. The molecule has 0 fully saturated rings. The first-order valence-corrected chi connectivity index (χ1v) is 8.38. The summed E-state index contributed by atoms with van der Waals surface area (Å²) in [5.74, 6) is 0.893. The molecular formula is C23H20O. The Morgan fingerprint density at radius 2 is 1.38 bits per heavy atom. The number of hydrogen-bond donors (Lipinski definition) is 0. The Labute approximate surface area is 143 Å². The number of hydrogen-bond acceptors (Lipinski definition) is 1. The average molecular weight is 312 g/mol. The van der Waals surface area contributed by atoms with Crippen LogP contribution in [0.2, 0.25) is 0 Å². The summed E-state index contributed by atoms with van der Waals surface area (Å²) in [6.07, 6.45) is 2.17. The molecule has 3 aromatic carbocycles. The van der Waals surface area contributed by atoms with Crippen molar-refractivity contribution in [2.45, 2.75) is 12.8 Å². The van der Waals surface area contributed by atoms with E-state index in [0.29, 0.717) is 0 Å². The lowest BCUT2D eigenvalue weighted by Gasteiger charge is -2.24. The van der Waals surface area contributed by atoms with Crippen LogP contribution in [0.1, 0.15) is 28.7 Å². The van der Waals surface area contributed by atoms with E-state index in [1.165, 1.54) is 33.4 Å². The Bertz CT molecular complexity index is 873. The maximum absolute atomic E-state index is 5.32. The second-order valence-electron chi connectivity index (χ2n) is 6.11. The van der Waals surface area contributed by atoms with Gasteiger partial charge in [-0.25, -0.2) is 0 Å². The normalized spacial score (nSPS) is 13.5. The standard InChI is InChI=1S/C23H20O/c1-24-20-14-11-19(12-15-20)23-21-10-6-5-9-18(21)13-16-22(23)17-7-3-2-4-8-17/h2-12,14-15H,13,16H2,1H3. The van der Waals surface area contributed by atoms with E-state index in [-0.39, 0.29) is 0 Å². The Balaban J connectivity index is 1.94. The Hall–Kier alpha value is -2.80. The van der Waals surface area contributed by atoms with Crippen LogP contribution in [0.3, 0.4) is 0 Å². The topological polar surface area (TPSA) is 9.23 Å². The van der Waals surface area contributed by atoms with Gasteiger partial charge in [0.1, 0.15) is 5.75 Å². The third-order valence-electron chi connectivity index (χ3n) is 4.73. The molecule has 0 saturated heterocycles. The predicted octanol–water partition coefficient (Wildman–Crippen LogP) is 5.60. The van der Waals surface area contributed by atoms with E-state index < -0.39 is 0 Å². The van der Waals surface area contributed by atoms with Gasteiger partial charge in [-0.1, -0.05) is 66.7 Å². The molecule has 0 unspecified atom stereocenters. The lowest BCUT2D eigenvalue weighted by Crippen LogP contribution is -2.06. The van der Waals surface area contributed by atoms with E-state index in [1.807, 2.05) is 12.1 Å². The molecule has 0 aliphatic heterocycles. The highest BCUT2D eigenvalue weighted by Gasteiger charge is 2.20. The molecule has 0 bridgehead atoms. The SMILES string of the molecule is COc1ccc(C2=C(c3ccccc3)CCc3ccccc32)cc1. The quantitative estimate of drug-likeness (QED) is 0.611. The molecular weight excluding hydrogens is 292 g/mol. The highest BCUT2D eigenvalue weighted by atomic mass is 16.5. The van der Waals surface area contributed by atoms with E-state index in [0.717, 1.165) is 18.6 Å². The van der Waals surface area contributed by atoms with Crippen molar-refractivity contribution in [3.8, 4) is 5.75 Å². The highest BCUT2D eigenvalue weighted by molar-refractivity contribution is 6.00. The smallest absolute Gasteiger partial charge is 0.118 e. The second-order valence-corrected chi connectivity index (χ2v) is 6.11. The fourth-order valence-electron chi connectivity index (χ4n) is 3.54. The summed E-state index contributed by atoms with van der Waals surface area (Å²) < 4.78 is 5.32. The molecule has 24 heavy (non-hydrogen) atoms. The molecule has 0 radical (unpaired) electrons. The predicted molar refractivity (Wildman–Crippen MR) is 100 cm³/mol. The van der Waals surface area contributed by atoms with Crippen molar-refractivity contribution in [3.05, 3.63) is 101 Å². The molecule has 0 atom stereocenters. The molecule has 3 aromatic rings. The molecule has 0 aromatic heterocycles. The van der Waals surface area contributed by atoms with Gasteiger partial charge >= 0.3 is 0 Å². The lowest BCUT2D eigenvalue weighted by molar-refractivity contribution is 0.415. The van der Waals surface area contributed by atoms with Gasteiger partial charge < -0.3 is 4.74 Å². The van der Waals surface area contributed by atoms with Crippen molar-refractivity contribution >= 4 is 11.1 Å². The zero-order valence-electron chi connectivity index (χ0n) is 13.8. The Morgan fingerprint density at radius 1 is 0.667 bits per heavy atom. The summed E-state index contributed by atoms with van der Waals surface area (Å²) in [4.78, 5) is 0. The molecule has 1 aliphatic rings. The van der Waals surface area contributed by atoms with E-state index >= 15 is 0 Å². The second kappa shape index (κ2) is 6.37. The summed E-state index contributed by atoms with van der Waals surface area (Å²) in [5.41, 5.74) is 8.14. The first-order valence-electron chi connectivity index (χ1n) is 8.38. The largest absolute Gasteiger partial charge is 0.497 e. The van der Waals surface area contributed by atoms with Gasteiger partial charge in [0.2, 0.25) is 0 Å². The number of benzene rings is 3. The molecule has 0 N–H and O–H groups in total. The van der Waals surface area contributed by atoms with Crippen molar-refractivity contribution in [1.29, 1.82) is 0 Å². The van der Waals surface area contributed by atoms with Crippen LogP contribution >= 0.6 is 0 Å². The Morgan fingerprint density at radius 3 is 2.12 bits per heavy atom. The van der Waals surface area contributed by atoms with Gasteiger partial charge in [0.15, 0.2) is 0 Å². The summed E-state index contributed by atoms with van der Waals surface area (Å²) >= 11 is 0. The van der Waals surface area contributed by atoms with Crippen molar-refractivity contribution in [3.63, 3.8) is 0 Å². The molecule has 0 amide bonds. The lowest BCUT2D eigenvalue weighted by atomic mass is 9.80. The summed E-state index contributed by atoms with van der Waals surface area (Å²) in [6.45, 7) is 0. The van der Waals surface area contributed by atoms with Gasteiger partial charge in [-0.15, -0.1) is 0 Å². The monoisotopic (exact) mass is 312 g/mol. The highest BCUT2D eigenvalue weighted by Crippen LogP contribution is 2.40. The fraction of sp³-hybridized carbons (Fsp3) is 0.130. The molecule has 1 heteroatoms. The van der Waals surface area contributed by atoms with E-state index in [4.69, 9.17) is 4.74 Å². The first kappa shape index (κ1) is 14.8. The van der Waals surface area contributed by atoms with Crippen molar-refractivity contribution < 1.29 is 4.74 Å². The van der Waals surface area contributed by atoms with Crippen molar-refractivity contribution in [2.24, 2.45) is 0 Å². The van der Waals surface area contributed by atoms with E-state index in [1.54, 1.807) is 7.11 Å². The van der Waals surface area contributed by atoms with Gasteiger partial charge in [-0.05, 0) is 58.4 Å². The minimum absolute atomic E-state index is 0.893. The summed E-state index contributed by atoms with van der Waals surface area (Å²) in [6, 6.07) is 27.9. The van der Waals surface area contributed by atoms with E-state index in [2.05, 4.69) is 66.7 Å². The number of ether oxygens (including phenoxy) is 1. The van der Waals surface area contributed by atoms with Crippen LogP contribution in [0, 0.1) is 0 Å². The maximum atomic E-state index is 5.32. The van der Waals surface area contributed by atoms with Gasteiger partial charge in [0.25, 0.3) is 0 Å². The zero-order chi connectivity index (χ0) is 16.4. The minimum Gasteiger partial charge on any atom is -0.497 e. The van der Waals surface area contributed by atoms with Gasteiger partial charge in [-0.2, -0.15) is 0 Å². The van der Waals surface area contributed by atoms with Gasteiger partial charge in [0.05, 0.1) is 7.11 Å². The van der Waals surface area contributed by atoms with Crippen LogP contribution in [-0.4, -0.2) is 7.11 Å². The average Bonchev–Trinajstić information content (AvgIpc) is 2.68. The van der Waals surface area contributed by atoms with Gasteiger partial charge in [0, 0.05) is 0 Å². The fourth-order valence-corrected chi connectivity index (χ4v) is 3.54. The molecule has 1 aliphatic carbocycles. The molecule has 118 valence electrons. The number of rotatable bonds is 3. The van der Waals surface area contributed by atoms with Crippen molar-refractivity contribution in [2.75, 3.05) is 7.11 Å². The van der Waals surface area contributed by atoms with E-state index in [9.17, 15) is 0 Å².